The number of fused-ring (bicyclic) bond motifs is 1. The molecule has 0 bridgehead atoms. The van der Waals surface area contributed by atoms with Crippen LogP contribution in [0.3, 0.4) is 0 Å². The number of hydrogen-bond acceptors (Lipinski definition) is 4. The van der Waals surface area contributed by atoms with Gasteiger partial charge in [0.15, 0.2) is 11.0 Å². The molecule has 3 aromatic heterocycles. The molecule has 4 rings (SSSR count). The van der Waals surface area contributed by atoms with Crippen LogP contribution in [0.4, 0.5) is 0 Å². The number of aryl methyl sites for hydroxylation is 2. The zero-order valence-electron chi connectivity index (χ0n) is 19.0. The Balaban J connectivity index is 0.000000757. The maximum atomic E-state index is 6.50. The van der Waals surface area contributed by atoms with Crippen molar-refractivity contribution < 1.29 is 4.74 Å². The molecule has 160 valence electrons. The van der Waals surface area contributed by atoms with E-state index in [1.807, 2.05) is 77.7 Å². The number of ether oxygens (including phenoxy) is 1. The van der Waals surface area contributed by atoms with E-state index in [-0.39, 0.29) is 0 Å². The predicted octanol–water partition coefficient (Wildman–Crippen LogP) is 6.13. The molecular weight excluding hydrogens is 398 g/mol. The first kappa shape index (κ1) is 23.4. The fraction of sp³-hybridized carbons (Fsp3) is 0.348. The van der Waals surface area contributed by atoms with Gasteiger partial charge in [0, 0.05) is 31.2 Å². The van der Waals surface area contributed by atoms with Crippen molar-refractivity contribution in [1.29, 1.82) is 0 Å². The van der Waals surface area contributed by atoms with E-state index in [2.05, 4.69) is 21.1 Å². The molecule has 0 saturated carbocycles. The highest BCUT2D eigenvalue weighted by atomic mass is 35.5. The van der Waals surface area contributed by atoms with E-state index >= 15 is 0 Å². The minimum atomic E-state index is 0.405. The third-order valence-corrected chi connectivity index (χ3v) is 4.92. The highest BCUT2D eigenvalue weighted by molar-refractivity contribution is 6.33. The van der Waals surface area contributed by atoms with E-state index in [0.29, 0.717) is 16.8 Å². The van der Waals surface area contributed by atoms with E-state index in [1.165, 1.54) is 0 Å². The van der Waals surface area contributed by atoms with Gasteiger partial charge >= 0.3 is 0 Å². The standard InChI is InChI=1S/C19H18ClN5O.2C2H6/c1-11-13(6-5-7-15(11)26-4)14-10-25-16(12(14)2)17(20)22-18(23-25)19-21-8-9-24(19)3;2*1-2/h5-10H,1-4H3;2*1-2H3. The van der Waals surface area contributed by atoms with Crippen LogP contribution in [0.25, 0.3) is 28.3 Å². The Kier molecular flexibility index (Phi) is 8.00. The SMILES string of the molecule is CC.CC.COc1cccc(-c2cn3nc(-c4nccn4C)nc(Cl)c3c2C)c1C. The summed E-state index contributed by atoms with van der Waals surface area (Å²) >= 11 is 6.50. The Morgan fingerprint density at radius 3 is 2.30 bits per heavy atom. The van der Waals surface area contributed by atoms with Crippen molar-refractivity contribution in [3.05, 3.63) is 53.1 Å². The summed E-state index contributed by atoms with van der Waals surface area (Å²) in [7, 11) is 3.58. The normalized spacial score (nSPS) is 10.2. The molecule has 7 heteroatoms. The second-order valence-electron chi connectivity index (χ2n) is 6.18. The third kappa shape index (κ3) is 4.19. The quantitative estimate of drug-likeness (QED) is 0.394. The van der Waals surface area contributed by atoms with Crippen LogP contribution in [0.2, 0.25) is 5.15 Å². The first-order chi connectivity index (χ1) is 14.5. The van der Waals surface area contributed by atoms with Gasteiger partial charge in [-0.05, 0) is 36.6 Å². The maximum Gasteiger partial charge on any atom is 0.217 e. The first-order valence-electron chi connectivity index (χ1n) is 10.2. The molecule has 0 unspecified atom stereocenters. The average Bonchev–Trinajstić information content (AvgIpc) is 3.34. The van der Waals surface area contributed by atoms with Crippen molar-refractivity contribution in [3.63, 3.8) is 0 Å². The van der Waals surface area contributed by atoms with Gasteiger partial charge in [-0.15, -0.1) is 5.10 Å². The molecule has 0 saturated heterocycles. The number of aromatic nitrogens is 5. The van der Waals surface area contributed by atoms with Crippen molar-refractivity contribution >= 4 is 17.1 Å². The molecule has 0 aliphatic heterocycles. The van der Waals surface area contributed by atoms with E-state index in [4.69, 9.17) is 16.3 Å². The number of nitrogens with zero attached hydrogens (tertiary/aromatic N) is 5. The number of methoxy groups -OCH3 is 1. The summed E-state index contributed by atoms with van der Waals surface area (Å²) < 4.78 is 9.10. The van der Waals surface area contributed by atoms with Crippen LogP contribution in [0.5, 0.6) is 5.75 Å². The van der Waals surface area contributed by atoms with Crippen LogP contribution in [0.1, 0.15) is 38.8 Å². The van der Waals surface area contributed by atoms with Gasteiger partial charge in [-0.2, -0.15) is 0 Å². The molecule has 3 heterocycles. The van der Waals surface area contributed by atoms with E-state index in [1.54, 1.807) is 17.8 Å². The van der Waals surface area contributed by atoms with E-state index < -0.39 is 0 Å². The monoisotopic (exact) mass is 427 g/mol. The fourth-order valence-corrected chi connectivity index (χ4v) is 3.56. The van der Waals surface area contributed by atoms with Crippen molar-refractivity contribution in [2.24, 2.45) is 7.05 Å². The van der Waals surface area contributed by atoms with E-state index in [0.717, 1.165) is 33.5 Å². The van der Waals surface area contributed by atoms with Crippen LogP contribution in [0, 0.1) is 13.8 Å². The van der Waals surface area contributed by atoms with Crippen molar-refractivity contribution in [3.8, 4) is 28.5 Å². The molecule has 0 aliphatic rings. The summed E-state index contributed by atoms with van der Waals surface area (Å²) in [5.41, 5.74) is 5.03. The zero-order chi connectivity index (χ0) is 22.4. The topological polar surface area (TPSA) is 57.2 Å². The molecule has 30 heavy (non-hydrogen) atoms. The minimum Gasteiger partial charge on any atom is -0.496 e. The molecule has 0 amide bonds. The Hall–Kier alpha value is -2.86. The molecule has 0 aliphatic carbocycles. The molecule has 4 aromatic rings. The number of imidazole rings is 1. The Bertz CT molecular complexity index is 1130. The van der Waals surface area contributed by atoms with Gasteiger partial charge < -0.3 is 9.30 Å². The van der Waals surface area contributed by atoms with Crippen molar-refractivity contribution in [1.82, 2.24) is 24.1 Å². The van der Waals surface area contributed by atoms with E-state index in [9.17, 15) is 0 Å². The Labute approximate surface area is 183 Å². The van der Waals surface area contributed by atoms with Crippen LogP contribution < -0.4 is 4.74 Å². The summed E-state index contributed by atoms with van der Waals surface area (Å²) in [5.74, 6) is 2.00. The van der Waals surface area contributed by atoms with Gasteiger partial charge in [-0.3, -0.25) is 0 Å². The van der Waals surface area contributed by atoms with Crippen LogP contribution in [-0.2, 0) is 7.05 Å². The molecule has 1 aromatic carbocycles. The van der Waals surface area contributed by atoms with Crippen molar-refractivity contribution in [2.45, 2.75) is 41.5 Å². The summed E-state index contributed by atoms with van der Waals surface area (Å²) in [6.45, 7) is 12.1. The summed E-state index contributed by atoms with van der Waals surface area (Å²) in [4.78, 5) is 8.76. The molecule has 0 radical (unpaired) electrons. The second-order valence-corrected chi connectivity index (χ2v) is 6.54. The molecule has 0 spiro atoms. The number of benzene rings is 1. The van der Waals surface area contributed by atoms with Crippen LogP contribution in [-0.4, -0.2) is 31.3 Å². The first-order valence-corrected chi connectivity index (χ1v) is 10.6. The van der Waals surface area contributed by atoms with Crippen molar-refractivity contribution in [2.75, 3.05) is 7.11 Å². The highest BCUT2D eigenvalue weighted by Crippen LogP contribution is 2.35. The summed E-state index contributed by atoms with van der Waals surface area (Å²) in [6, 6.07) is 6.01. The number of rotatable bonds is 3. The second kappa shape index (κ2) is 10.3. The highest BCUT2D eigenvalue weighted by Gasteiger charge is 2.18. The predicted molar refractivity (Wildman–Crippen MR) is 124 cm³/mol. The summed E-state index contributed by atoms with van der Waals surface area (Å²) in [6.07, 6.45) is 5.54. The van der Waals surface area contributed by atoms with Crippen LogP contribution in [0.15, 0.2) is 36.8 Å². The molecule has 0 fully saturated rings. The molecular formula is C23H30ClN5O. The number of halogens is 1. The largest absolute Gasteiger partial charge is 0.496 e. The molecule has 0 atom stereocenters. The van der Waals surface area contributed by atoms with Gasteiger partial charge in [0.2, 0.25) is 5.82 Å². The van der Waals surface area contributed by atoms with Gasteiger partial charge in [0.25, 0.3) is 0 Å². The average molecular weight is 428 g/mol. The minimum absolute atomic E-state index is 0.405. The summed E-state index contributed by atoms with van der Waals surface area (Å²) in [5, 5.41) is 5.03. The third-order valence-electron chi connectivity index (χ3n) is 4.66. The van der Waals surface area contributed by atoms with Gasteiger partial charge in [-0.25, -0.2) is 14.5 Å². The molecule has 6 nitrogen and oxygen atoms in total. The lowest BCUT2D eigenvalue weighted by molar-refractivity contribution is 0.412. The lowest BCUT2D eigenvalue weighted by Crippen LogP contribution is -2.02. The Morgan fingerprint density at radius 1 is 1.00 bits per heavy atom. The van der Waals surface area contributed by atoms with Gasteiger partial charge in [0.1, 0.15) is 11.3 Å². The van der Waals surface area contributed by atoms with Gasteiger partial charge in [0.05, 0.1) is 7.11 Å². The zero-order valence-corrected chi connectivity index (χ0v) is 19.7. The Morgan fingerprint density at radius 2 is 1.70 bits per heavy atom. The maximum absolute atomic E-state index is 6.50. The lowest BCUT2D eigenvalue weighted by Gasteiger charge is -2.09. The molecule has 0 N–H and O–H groups in total. The lowest BCUT2D eigenvalue weighted by atomic mass is 9.99. The van der Waals surface area contributed by atoms with Crippen LogP contribution >= 0.6 is 11.6 Å². The van der Waals surface area contributed by atoms with Gasteiger partial charge in [-0.1, -0.05) is 51.4 Å². The number of hydrogen-bond donors (Lipinski definition) is 0. The fourth-order valence-electron chi connectivity index (χ4n) is 3.26. The smallest absolute Gasteiger partial charge is 0.217 e.